The highest BCUT2D eigenvalue weighted by Gasteiger charge is 2.26. The Hall–Kier alpha value is -2.89. The van der Waals surface area contributed by atoms with Crippen LogP contribution in [-0.4, -0.2) is 38.7 Å². The lowest BCUT2D eigenvalue weighted by molar-refractivity contribution is -0.132. The summed E-state index contributed by atoms with van der Waals surface area (Å²) in [7, 11) is 0. The third-order valence-corrected chi connectivity index (χ3v) is 5.09. The Labute approximate surface area is 158 Å². The standard InChI is InChI=1S/C21H24N4O2/c1-15-12-22-25(13-15)18-9-6-10-24(14-18)20(26)11-19-16(2)27-21(23-19)17-7-4-3-5-8-17/h3-5,7-8,12-13,18H,6,9-11,14H2,1-2H3. The van der Waals surface area contributed by atoms with Gasteiger partial charge in [-0.1, -0.05) is 18.2 Å². The molecule has 1 saturated heterocycles. The number of likely N-dealkylation sites (tertiary alicyclic amines) is 1. The molecule has 0 aliphatic carbocycles. The van der Waals surface area contributed by atoms with Crippen molar-refractivity contribution < 1.29 is 9.21 Å². The number of hydrogen-bond donors (Lipinski definition) is 0. The molecule has 1 unspecified atom stereocenters. The maximum atomic E-state index is 12.9. The Kier molecular flexibility index (Phi) is 4.79. The second kappa shape index (κ2) is 7.39. The van der Waals surface area contributed by atoms with Crippen molar-refractivity contribution in [1.82, 2.24) is 19.7 Å². The van der Waals surface area contributed by atoms with E-state index in [2.05, 4.69) is 10.1 Å². The first-order chi connectivity index (χ1) is 13.1. The number of oxazole rings is 1. The number of amides is 1. The predicted octanol–water partition coefficient (Wildman–Crippen LogP) is 3.56. The molecule has 0 bridgehead atoms. The summed E-state index contributed by atoms with van der Waals surface area (Å²) in [5.74, 6) is 1.37. The highest BCUT2D eigenvalue weighted by molar-refractivity contribution is 5.78. The summed E-state index contributed by atoms with van der Waals surface area (Å²) in [5, 5.41) is 4.42. The lowest BCUT2D eigenvalue weighted by atomic mass is 10.1. The Morgan fingerprint density at radius 1 is 1.26 bits per heavy atom. The Morgan fingerprint density at radius 2 is 2.07 bits per heavy atom. The van der Waals surface area contributed by atoms with Gasteiger partial charge < -0.3 is 9.32 Å². The number of carbonyl (C=O) groups is 1. The van der Waals surface area contributed by atoms with Crippen LogP contribution < -0.4 is 0 Å². The zero-order valence-electron chi connectivity index (χ0n) is 15.8. The number of hydrogen-bond acceptors (Lipinski definition) is 4. The van der Waals surface area contributed by atoms with E-state index in [0.717, 1.165) is 36.2 Å². The number of carbonyl (C=O) groups excluding carboxylic acids is 1. The minimum Gasteiger partial charge on any atom is -0.441 e. The summed E-state index contributed by atoms with van der Waals surface area (Å²) >= 11 is 0. The van der Waals surface area contributed by atoms with Crippen molar-refractivity contribution in [3.63, 3.8) is 0 Å². The van der Waals surface area contributed by atoms with Gasteiger partial charge in [-0.25, -0.2) is 4.98 Å². The van der Waals surface area contributed by atoms with Gasteiger partial charge in [-0.05, 0) is 44.4 Å². The van der Waals surface area contributed by atoms with Gasteiger partial charge in [0.25, 0.3) is 0 Å². The maximum Gasteiger partial charge on any atom is 0.228 e. The van der Waals surface area contributed by atoms with Crippen molar-refractivity contribution in [2.45, 2.75) is 39.2 Å². The van der Waals surface area contributed by atoms with Gasteiger partial charge in [0, 0.05) is 24.8 Å². The second-order valence-electron chi connectivity index (χ2n) is 7.20. The van der Waals surface area contributed by atoms with Crippen LogP contribution in [0.5, 0.6) is 0 Å². The smallest absolute Gasteiger partial charge is 0.228 e. The van der Waals surface area contributed by atoms with E-state index in [1.807, 2.05) is 66.2 Å². The number of aromatic nitrogens is 3. The highest BCUT2D eigenvalue weighted by atomic mass is 16.4. The van der Waals surface area contributed by atoms with Gasteiger partial charge in [0.05, 0.1) is 24.4 Å². The van der Waals surface area contributed by atoms with Crippen molar-refractivity contribution in [3.8, 4) is 11.5 Å². The normalized spacial score (nSPS) is 17.3. The molecule has 1 aliphatic rings. The lowest BCUT2D eigenvalue weighted by Crippen LogP contribution is -2.41. The Bertz CT molecular complexity index is 929. The van der Waals surface area contributed by atoms with E-state index in [-0.39, 0.29) is 18.4 Å². The van der Waals surface area contributed by atoms with Gasteiger partial charge in [0.2, 0.25) is 11.8 Å². The molecular weight excluding hydrogens is 340 g/mol. The monoisotopic (exact) mass is 364 g/mol. The zero-order valence-corrected chi connectivity index (χ0v) is 15.8. The molecule has 1 fully saturated rings. The van der Waals surface area contributed by atoms with Crippen LogP contribution in [-0.2, 0) is 11.2 Å². The third kappa shape index (κ3) is 3.79. The van der Waals surface area contributed by atoms with E-state index in [1.54, 1.807) is 0 Å². The van der Waals surface area contributed by atoms with Gasteiger partial charge in [0.15, 0.2) is 0 Å². The molecule has 6 nitrogen and oxygen atoms in total. The summed E-state index contributed by atoms with van der Waals surface area (Å²) in [4.78, 5) is 19.4. The number of benzene rings is 1. The average Bonchev–Trinajstić information content (AvgIpc) is 3.29. The quantitative estimate of drug-likeness (QED) is 0.710. The van der Waals surface area contributed by atoms with E-state index >= 15 is 0 Å². The van der Waals surface area contributed by atoms with Crippen LogP contribution in [0, 0.1) is 13.8 Å². The van der Waals surface area contributed by atoms with E-state index in [4.69, 9.17) is 4.42 Å². The topological polar surface area (TPSA) is 64.2 Å². The number of nitrogens with zero attached hydrogens (tertiary/aromatic N) is 4. The number of aryl methyl sites for hydroxylation is 2. The summed E-state index contributed by atoms with van der Waals surface area (Å²) in [6, 6.07) is 10.0. The maximum absolute atomic E-state index is 12.9. The van der Waals surface area contributed by atoms with Crippen molar-refractivity contribution in [1.29, 1.82) is 0 Å². The summed E-state index contributed by atoms with van der Waals surface area (Å²) < 4.78 is 7.78. The fourth-order valence-electron chi connectivity index (χ4n) is 3.58. The minimum atomic E-state index is 0.0968. The molecule has 4 rings (SSSR count). The Balaban J connectivity index is 1.45. The van der Waals surface area contributed by atoms with Crippen LogP contribution in [0.15, 0.2) is 47.1 Å². The molecule has 27 heavy (non-hydrogen) atoms. The van der Waals surface area contributed by atoms with Crippen molar-refractivity contribution in [3.05, 3.63) is 59.7 Å². The summed E-state index contributed by atoms with van der Waals surface area (Å²) in [6.45, 7) is 5.39. The molecule has 6 heteroatoms. The largest absolute Gasteiger partial charge is 0.441 e. The number of rotatable bonds is 4. The number of piperidine rings is 1. The van der Waals surface area contributed by atoms with Crippen molar-refractivity contribution in [2.75, 3.05) is 13.1 Å². The molecule has 3 heterocycles. The first kappa shape index (κ1) is 17.5. The van der Waals surface area contributed by atoms with E-state index < -0.39 is 0 Å². The third-order valence-electron chi connectivity index (χ3n) is 5.09. The minimum absolute atomic E-state index is 0.0968. The molecule has 1 aliphatic heterocycles. The summed E-state index contributed by atoms with van der Waals surface area (Å²) in [6.07, 6.45) is 6.22. The lowest BCUT2D eigenvalue weighted by Gasteiger charge is -2.32. The van der Waals surface area contributed by atoms with Gasteiger partial charge in [-0.3, -0.25) is 9.48 Å². The molecular formula is C21H24N4O2. The van der Waals surface area contributed by atoms with Crippen LogP contribution in [0.3, 0.4) is 0 Å². The van der Waals surface area contributed by atoms with E-state index in [9.17, 15) is 4.79 Å². The molecule has 1 amide bonds. The molecule has 0 radical (unpaired) electrons. The van der Waals surface area contributed by atoms with Crippen LogP contribution >= 0.6 is 0 Å². The molecule has 1 aromatic carbocycles. The zero-order chi connectivity index (χ0) is 18.8. The second-order valence-corrected chi connectivity index (χ2v) is 7.20. The van der Waals surface area contributed by atoms with Crippen LogP contribution in [0.2, 0.25) is 0 Å². The molecule has 1 atom stereocenters. The SMILES string of the molecule is Cc1cnn(C2CCCN(C(=O)Cc3nc(-c4ccccc4)oc3C)C2)c1. The predicted molar refractivity (Wildman–Crippen MR) is 102 cm³/mol. The van der Waals surface area contributed by atoms with Crippen molar-refractivity contribution >= 4 is 5.91 Å². The van der Waals surface area contributed by atoms with Crippen molar-refractivity contribution in [2.24, 2.45) is 0 Å². The molecule has 3 aromatic rings. The van der Waals surface area contributed by atoms with E-state index in [1.165, 1.54) is 0 Å². The van der Waals surface area contributed by atoms with Gasteiger partial charge in [0.1, 0.15) is 5.76 Å². The van der Waals surface area contributed by atoms with Gasteiger partial charge >= 0.3 is 0 Å². The van der Waals surface area contributed by atoms with Crippen LogP contribution in [0.4, 0.5) is 0 Å². The highest BCUT2D eigenvalue weighted by Crippen LogP contribution is 2.24. The first-order valence-corrected chi connectivity index (χ1v) is 9.40. The Morgan fingerprint density at radius 3 is 2.81 bits per heavy atom. The fourth-order valence-corrected chi connectivity index (χ4v) is 3.58. The molecule has 0 spiro atoms. The van der Waals surface area contributed by atoms with Crippen LogP contribution in [0.1, 0.15) is 35.9 Å². The van der Waals surface area contributed by atoms with E-state index in [0.29, 0.717) is 18.2 Å². The van der Waals surface area contributed by atoms with Gasteiger partial charge in [-0.15, -0.1) is 0 Å². The fraction of sp³-hybridized carbons (Fsp3) is 0.381. The van der Waals surface area contributed by atoms with Crippen LogP contribution in [0.25, 0.3) is 11.5 Å². The first-order valence-electron chi connectivity index (χ1n) is 9.40. The molecule has 140 valence electrons. The summed E-state index contributed by atoms with van der Waals surface area (Å²) in [5.41, 5.74) is 2.78. The molecule has 2 aromatic heterocycles. The van der Waals surface area contributed by atoms with Gasteiger partial charge in [-0.2, -0.15) is 5.10 Å². The molecule has 0 N–H and O–H groups in total. The molecule has 0 saturated carbocycles. The average molecular weight is 364 g/mol.